The normalized spacial score (nSPS) is 17.8. The molecule has 1 unspecified atom stereocenters. The van der Waals surface area contributed by atoms with Crippen molar-refractivity contribution in [1.82, 2.24) is 4.31 Å². The van der Waals surface area contributed by atoms with Crippen LogP contribution in [0.25, 0.3) is 0 Å². The lowest BCUT2D eigenvalue weighted by atomic mass is 9.86. The minimum Gasteiger partial charge on any atom is -0.497 e. The van der Waals surface area contributed by atoms with E-state index in [9.17, 15) is 22.3 Å². The molecule has 1 aliphatic heterocycles. The SMILES string of the molecule is COc1ccc(C(O)C(F)(F)C2CCN(S(=O)(=O)c3ccc(C)cc3)CC2)cc1. The molecule has 5 nitrogen and oxygen atoms in total. The molecule has 1 atom stereocenters. The van der Waals surface area contributed by atoms with E-state index in [2.05, 4.69) is 0 Å². The first kappa shape index (κ1) is 21.7. The minimum atomic E-state index is -3.72. The van der Waals surface area contributed by atoms with Gasteiger partial charge in [-0.25, -0.2) is 17.2 Å². The Morgan fingerprint density at radius 3 is 2.14 bits per heavy atom. The largest absolute Gasteiger partial charge is 0.497 e. The van der Waals surface area contributed by atoms with E-state index in [0.29, 0.717) is 5.75 Å². The summed E-state index contributed by atoms with van der Waals surface area (Å²) in [5, 5.41) is 10.3. The number of aliphatic hydroxyl groups is 1. The molecule has 0 saturated carbocycles. The van der Waals surface area contributed by atoms with Crippen molar-refractivity contribution in [2.24, 2.45) is 5.92 Å². The quantitative estimate of drug-likeness (QED) is 0.765. The predicted octanol–water partition coefficient (Wildman–Crippen LogP) is 3.77. The summed E-state index contributed by atoms with van der Waals surface area (Å²) in [6.45, 7) is 1.84. The first-order chi connectivity index (χ1) is 13.7. The summed E-state index contributed by atoms with van der Waals surface area (Å²) < 4.78 is 61.6. The Morgan fingerprint density at radius 2 is 1.62 bits per heavy atom. The average Bonchev–Trinajstić information content (AvgIpc) is 2.73. The zero-order valence-corrected chi connectivity index (χ0v) is 17.2. The molecule has 1 N–H and O–H groups in total. The number of benzene rings is 2. The molecule has 0 bridgehead atoms. The van der Waals surface area contributed by atoms with Crippen molar-refractivity contribution < 1.29 is 27.0 Å². The predicted molar refractivity (Wildman–Crippen MR) is 106 cm³/mol. The molecule has 8 heteroatoms. The van der Waals surface area contributed by atoms with Gasteiger partial charge in [-0.2, -0.15) is 4.31 Å². The van der Waals surface area contributed by atoms with Crippen LogP contribution in [-0.4, -0.2) is 44.0 Å². The summed E-state index contributed by atoms with van der Waals surface area (Å²) in [7, 11) is -2.25. The zero-order chi connectivity index (χ0) is 21.2. The second-order valence-corrected chi connectivity index (χ2v) is 9.28. The first-order valence-electron chi connectivity index (χ1n) is 9.43. The number of methoxy groups -OCH3 is 1. The van der Waals surface area contributed by atoms with Crippen molar-refractivity contribution in [2.75, 3.05) is 20.2 Å². The fraction of sp³-hybridized carbons (Fsp3) is 0.429. The molecule has 1 heterocycles. The van der Waals surface area contributed by atoms with Crippen LogP contribution < -0.4 is 4.74 Å². The molecule has 3 rings (SSSR count). The molecule has 2 aromatic rings. The van der Waals surface area contributed by atoms with Crippen LogP contribution in [0.15, 0.2) is 53.4 Å². The molecular formula is C21H25F2NO4S. The molecule has 1 aliphatic rings. The van der Waals surface area contributed by atoms with Gasteiger partial charge < -0.3 is 9.84 Å². The number of aryl methyl sites for hydroxylation is 1. The van der Waals surface area contributed by atoms with Crippen LogP contribution in [0.1, 0.15) is 30.1 Å². The lowest BCUT2D eigenvalue weighted by Gasteiger charge is -2.37. The number of piperidine rings is 1. The van der Waals surface area contributed by atoms with Crippen LogP contribution in [0.5, 0.6) is 5.75 Å². The van der Waals surface area contributed by atoms with Gasteiger partial charge >= 0.3 is 0 Å². The lowest BCUT2D eigenvalue weighted by Crippen LogP contribution is -2.45. The van der Waals surface area contributed by atoms with Crippen LogP contribution in [-0.2, 0) is 10.0 Å². The van der Waals surface area contributed by atoms with Crippen LogP contribution >= 0.6 is 0 Å². The van der Waals surface area contributed by atoms with Gasteiger partial charge in [0.1, 0.15) is 11.9 Å². The fourth-order valence-corrected chi connectivity index (χ4v) is 5.04. The van der Waals surface area contributed by atoms with E-state index >= 15 is 0 Å². The number of aliphatic hydroxyl groups excluding tert-OH is 1. The summed E-state index contributed by atoms with van der Waals surface area (Å²) in [4.78, 5) is 0.159. The number of ether oxygens (including phenoxy) is 1. The van der Waals surface area contributed by atoms with Crippen LogP contribution in [0.2, 0.25) is 0 Å². The molecule has 2 aromatic carbocycles. The maximum Gasteiger partial charge on any atom is 0.280 e. The molecule has 29 heavy (non-hydrogen) atoms. The number of rotatable bonds is 6. The van der Waals surface area contributed by atoms with Crippen molar-refractivity contribution in [3.63, 3.8) is 0 Å². The van der Waals surface area contributed by atoms with E-state index in [-0.39, 0.29) is 36.4 Å². The molecular weight excluding hydrogens is 400 g/mol. The third-order valence-corrected chi connectivity index (χ3v) is 7.37. The molecule has 0 aliphatic carbocycles. The molecule has 1 fully saturated rings. The summed E-state index contributed by atoms with van der Waals surface area (Å²) in [5.74, 6) is -3.96. The van der Waals surface area contributed by atoms with E-state index in [4.69, 9.17) is 4.74 Å². The highest BCUT2D eigenvalue weighted by Crippen LogP contribution is 2.43. The zero-order valence-electron chi connectivity index (χ0n) is 16.4. The van der Waals surface area contributed by atoms with Gasteiger partial charge in [0.2, 0.25) is 10.0 Å². The molecule has 0 radical (unpaired) electrons. The molecule has 0 spiro atoms. The second kappa shape index (κ2) is 8.38. The maximum absolute atomic E-state index is 14.9. The highest BCUT2D eigenvalue weighted by Gasteiger charge is 2.48. The van der Waals surface area contributed by atoms with E-state index in [0.717, 1.165) is 5.56 Å². The Balaban J connectivity index is 1.69. The highest BCUT2D eigenvalue weighted by atomic mass is 32.2. The summed E-state index contributed by atoms with van der Waals surface area (Å²) in [5.41, 5.74) is 1.04. The van der Waals surface area contributed by atoms with Gasteiger partial charge in [-0.05, 0) is 49.6 Å². The Morgan fingerprint density at radius 1 is 1.07 bits per heavy atom. The molecule has 1 saturated heterocycles. The summed E-state index contributed by atoms with van der Waals surface area (Å²) in [6.07, 6.45) is -2.00. The second-order valence-electron chi connectivity index (χ2n) is 7.34. The maximum atomic E-state index is 14.9. The Kier molecular flexibility index (Phi) is 6.26. The van der Waals surface area contributed by atoms with E-state index < -0.39 is 28.0 Å². The van der Waals surface area contributed by atoms with Crippen LogP contribution in [0.4, 0.5) is 8.78 Å². The summed E-state index contributed by atoms with van der Waals surface area (Å²) >= 11 is 0. The van der Waals surface area contributed by atoms with Crippen LogP contribution in [0.3, 0.4) is 0 Å². The third-order valence-electron chi connectivity index (χ3n) is 5.45. The first-order valence-corrected chi connectivity index (χ1v) is 10.9. The highest BCUT2D eigenvalue weighted by molar-refractivity contribution is 7.89. The van der Waals surface area contributed by atoms with Gasteiger partial charge in [0.05, 0.1) is 12.0 Å². The Labute approximate surface area is 170 Å². The van der Waals surface area contributed by atoms with Crippen molar-refractivity contribution >= 4 is 10.0 Å². The van der Waals surface area contributed by atoms with Crippen molar-refractivity contribution in [2.45, 2.75) is 36.7 Å². The van der Waals surface area contributed by atoms with Crippen molar-refractivity contribution in [3.8, 4) is 5.75 Å². The van der Waals surface area contributed by atoms with E-state index in [1.807, 2.05) is 6.92 Å². The van der Waals surface area contributed by atoms with Gasteiger partial charge in [-0.1, -0.05) is 29.8 Å². The fourth-order valence-electron chi connectivity index (χ4n) is 3.57. The van der Waals surface area contributed by atoms with Gasteiger partial charge in [-0.15, -0.1) is 0 Å². The standard InChI is InChI=1S/C21H25F2NO4S/c1-15-3-9-19(10-4-15)29(26,27)24-13-11-17(12-14-24)21(22,23)20(25)16-5-7-18(28-2)8-6-16/h3-10,17,20,25H,11-14H2,1-2H3. The molecule has 158 valence electrons. The van der Waals surface area contributed by atoms with Crippen molar-refractivity contribution in [3.05, 3.63) is 59.7 Å². The smallest absolute Gasteiger partial charge is 0.280 e. The van der Waals surface area contributed by atoms with E-state index in [1.165, 1.54) is 47.8 Å². The monoisotopic (exact) mass is 425 g/mol. The number of hydrogen-bond acceptors (Lipinski definition) is 4. The number of halogens is 2. The number of nitrogens with zero attached hydrogens (tertiary/aromatic N) is 1. The average molecular weight is 425 g/mol. The lowest BCUT2D eigenvalue weighted by molar-refractivity contribution is -0.158. The van der Waals surface area contributed by atoms with Gasteiger partial charge in [0.15, 0.2) is 0 Å². The minimum absolute atomic E-state index is 0.00814. The molecule has 0 amide bonds. The summed E-state index contributed by atoms with van der Waals surface area (Å²) in [6, 6.07) is 12.3. The Hall–Kier alpha value is -2.03. The Bertz CT molecular complexity index is 922. The number of hydrogen-bond donors (Lipinski definition) is 1. The van der Waals surface area contributed by atoms with Crippen LogP contribution in [0, 0.1) is 12.8 Å². The third kappa shape index (κ3) is 4.44. The van der Waals surface area contributed by atoms with E-state index in [1.54, 1.807) is 12.1 Å². The number of sulfonamides is 1. The topological polar surface area (TPSA) is 66.8 Å². The van der Waals surface area contributed by atoms with Gasteiger partial charge in [-0.3, -0.25) is 0 Å². The van der Waals surface area contributed by atoms with Gasteiger partial charge in [0.25, 0.3) is 5.92 Å². The molecule has 0 aromatic heterocycles. The van der Waals surface area contributed by atoms with Crippen molar-refractivity contribution in [1.29, 1.82) is 0 Å². The number of alkyl halides is 2. The van der Waals surface area contributed by atoms with Gasteiger partial charge in [0, 0.05) is 19.0 Å².